The highest BCUT2D eigenvalue weighted by Gasteiger charge is 2.11. The summed E-state index contributed by atoms with van der Waals surface area (Å²) in [5, 5.41) is 3.32. The lowest BCUT2D eigenvalue weighted by atomic mass is 10.3. The van der Waals surface area contributed by atoms with E-state index in [2.05, 4.69) is 17.1 Å². The topological polar surface area (TPSA) is 24.5 Å². The maximum Gasteiger partial charge on any atom is 0.0670 e. The summed E-state index contributed by atoms with van der Waals surface area (Å²) in [4.78, 5) is 2.44. The predicted octanol–water partition coefficient (Wildman–Crippen LogP) is -0.0735. The molecule has 0 aromatic carbocycles. The van der Waals surface area contributed by atoms with Gasteiger partial charge in [-0.25, -0.2) is 0 Å². The van der Waals surface area contributed by atoms with Crippen molar-refractivity contribution in [2.75, 3.05) is 39.8 Å². The van der Waals surface area contributed by atoms with Crippen LogP contribution in [0.25, 0.3) is 0 Å². The summed E-state index contributed by atoms with van der Waals surface area (Å²) in [5.41, 5.74) is 0. The zero-order valence-electron chi connectivity index (χ0n) is 7.47. The van der Waals surface area contributed by atoms with Gasteiger partial charge in [-0.15, -0.1) is 0 Å². The number of hydrogen-bond donors (Lipinski definition) is 1. The molecule has 66 valence electrons. The predicted molar refractivity (Wildman–Crippen MR) is 45.8 cm³/mol. The quantitative estimate of drug-likeness (QED) is 0.622. The lowest BCUT2D eigenvalue weighted by Gasteiger charge is -2.28. The maximum absolute atomic E-state index is 5.19. The fourth-order valence-corrected chi connectivity index (χ4v) is 1.33. The molecular weight excluding hydrogens is 140 g/mol. The van der Waals surface area contributed by atoms with E-state index in [9.17, 15) is 0 Å². The Morgan fingerprint density at radius 1 is 1.45 bits per heavy atom. The van der Waals surface area contributed by atoms with Crippen LogP contribution >= 0.6 is 0 Å². The van der Waals surface area contributed by atoms with E-state index in [4.69, 9.17) is 4.74 Å². The summed E-state index contributed by atoms with van der Waals surface area (Å²) in [5.74, 6) is 0. The largest absolute Gasteiger partial charge is 0.380 e. The van der Waals surface area contributed by atoms with Gasteiger partial charge >= 0.3 is 0 Å². The van der Waals surface area contributed by atoms with Gasteiger partial charge in [-0.1, -0.05) is 0 Å². The van der Waals surface area contributed by atoms with Gasteiger partial charge in [0.25, 0.3) is 0 Å². The average Bonchev–Trinajstić information content (AvgIpc) is 2.06. The third-order valence-corrected chi connectivity index (χ3v) is 2.13. The summed E-state index contributed by atoms with van der Waals surface area (Å²) >= 11 is 0. The lowest BCUT2D eigenvalue weighted by molar-refractivity contribution is 0.0726. The molecule has 1 fully saturated rings. The molecule has 0 saturated carbocycles. The van der Waals surface area contributed by atoms with Gasteiger partial charge in [-0.3, -0.25) is 4.90 Å². The van der Waals surface area contributed by atoms with Crippen molar-refractivity contribution >= 4 is 0 Å². The van der Waals surface area contributed by atoms with Crippen LogP contribution in [0.2, 0.25) is 0 Å². The fourth-order valence-electron chi connectivity index (χ4n) is 1.33. The van der Waals surface area contributed by atoms with Crippen LogP contribution in [0.4, 0.5) is 0 Å². The first-order valence-electron chi connectivity index (χ1n) is 4.29. The Morgan fingerprint density at radius 3 is 2.64 bits per heavy atom. The van der Waals surface area contributed by atoms with E-state index in [-0.39, 0.29) is 0 Å². The third-order valence-electron chi connectivity index (χ3n) is 2.13. The molecule has 0 bridgehead atoms. The molecule has 1 unspecified atom stereocenters. The van der Waals surface area contributed by atoms with Crippen LogP contribution in [0.5, 0.6) is 0 Å². The number of nitrogens with zero attached hydrogens (tertiary/aromatic N) is 1. The molecule has 1 atom stereocenters. The Bertz CT molecular complexity index is 102. The molecule has 1 heterocycles. The SMILES string of the molecule is COC(C)CN1CCNCC1. The molecule has 1 aliphatic rings. The maximum atomic E-state index is 5.19. The zero-order chi connectivity index (χ0) is 8.10. The second-order valence-electron chi connectivity index (χ2n) is 3.10. The summed E-state index contributed by atoms with van der Waals surface area (Å²) in [6.45, 7) is 7.74. The molecular formula is C8H18N2O. The number of nitrogens with one attached hydrogen (secondary N) is 1. The van der Waals surface area contributed by atoms with Gasteiger partial charge in [0.2, 0.25) is 0 Å². The average molecular weight is 158 g/mol. The van der Waals surface area contributed by atoms with Crippen molar-refractivity contribution in [3.8, 4) is 0 Å². The summed E-state index contributed by atoms with van der Waals surface area (Å²) in [7, 11) is 1.77. The van der Waals surface area contributed by atoms with Crippen molar-refractivity contribution in [2.45, 2.75) is 13.0 Å². The molecule has 3 heteroatoms. The van der Waals surface area contributed by atoms with E-state index in [1.807, 2.05) is 0 Å². The van der Waals surface area contributed by atoms with Crippen molar-refractivity contribution in [3.05, 3.63) is 0 Å². The molecule has 1 rings (SSSR count). The first kappa shape index (κ1) is 8.97. The minimum absolute atomic E-state index is 0.369. The molecule has 1 N–H and O–H groups in total. The van der Waals surface area contributed by atoms with Gasteiger partial charge in [0.1, 0.15) is 0 Å². The van der Waals surface area contributed by atoms with Gasteiger partial charge in [-0.05, 0) is 6.92 Å². The van der Waals surface area contributed by atoms with Crippen molar-refractivity contribution in [2.24, 2.45) is 0 Å². The van der Waals surface area contributed by atoms with Gasteiger partial charge < -0.3 is 10.1 Å². The third kappa shape index (κ3) is 3.18. The Kier molecular flexibility index (Phi) is 3.83. The molecule has 0 aromatic rings. The van der Waals surface area contributed by atoms with Crippen LogP contribution in [0.3, 0.4) is 0 Å². The molecule has 1 aliphatic heterocycles. The molecule has 0 spiro atoms. The minimum atomic E-state index is 0.369. The monoisotopic (exact) mass is 158 g/mol. The van der Waals surface area contributed by atoms with Crippen molar-refractivity contribution < 1.29 is 4.74 Å². The van der Waals surface area contributed by atoms with E-state index < -0.39 is 0 Å². The molecule has 0 aliphatic carbocycles. The van der Waals surface area contributed by atoms with E-state index in [0.717, 1.165) is 32.7 Å². The van der Waals surface area contributed by atoms with Crippen LogP contribution in [0.1, 0.15) is 6.92 Å². The van der Waals surface area contributed by atoms with E-state index in [1.165, 1.54) is 0 Å². The summed E-state index contributed by atoms with van der Waals surface area (Å²) < 4.78 is 5.19. The van der Waals surface area contributed by atoms with Gasteiger partial charge in [0.05, 0.1) is 6.10 Å². The van der Waals surface area contributed by atoms with Gasteiger partial charge in [0.15, 0.2) is 0 Å². The van der Waals surface area contributed by atoms with E-state index >= 15 is 0 Å². The fraction of sp³-hybridized carbons (Fsp3) is 1.00. The number of piperazine rings is 1. The normalized spacial score (nSPS) is 23.5. The van der Waals surface area contributed by atoms with Crippen molar-refractivity contribution in [1.82, 2.24) is 10.2 Å². The molecule has 0 radical (unpaired) electrons. The Morgan fingerprint density at radius 2 is 2.09 bits per heavy atom. The van der Waals surface area contributed by atoms with E-state index in [1.54, 1.807) is 7.11 Å². The van der Waals surface area contributed by atoms with Crippen LogP contribution in [0.15, 0.2) is 0 Å². The highest BCUT2D eigenvalue weighted by atomic mass is 16.5. The van der Waals surface area contributed by atoms with Crippen molar-refractivity contribution in [3.63, 3.8) is 0 Å². The first-order chi connectivity index (χ1) is 5.33. The number of hydrogen-bond acceptors (Lipinski definition) is 3. The number of methoxy groups -OCH3 is 1. The molecule has 1 saturated heterocycles. The van der Waals surface area contributed by atoms with Crippen molar-refractivity contribution in [1.29, 1.82) is 0 Å². The standard InChI is InChI=1S/C8H18N2O/c1-8(11-2)7-10-5-3-9-4-6-10/h8-9H,3-7H2,1-2H3. The number of ether oxygens (including phenoxy) is 1. The van der Waals surface area contributed by atoms with E-state index in [0.29, 0.717) is 6.10 Å². The molecule has 0 aromatic heterocycles. The minimum Gasteiger partial charge on any atom is -0.380 e. The molecule has 11 heavy (non-hydrogen) atoms. The van der Waals surface area contributed by atoms with Crippen LogP contribution in [-0.4, -0.2) is 50.8 Å². The summed E-state index contributed by atoms with van der Waals surface area (Å²) in [6, 6.07) is 0. The Hall–Kier alpha value is -0.120. The zero-order valence-corrected chi connectivity index (χ0v) is 7.47. The second kappa shape index (κ2) is 4.70. The highest BCUT2D eigenvalue weighted by molar-refractivity contribution is 4.69. The lowest BCUT2D eigenvalue weighted by Crippen LogP contribution is -2.46. The Balaban J connectivity index is 2.13. The smallest absolute Gasteiger partial charge is 0.0670 e. The highest BCUT2D eigenvalue weighted by Crippen LogP contribution is 1.96. The van der Waals surface area contributed by atoms with Crippen LogP contribution < -0.4 is 5.32 Å². The number of rotatable bonds is 3. The Labute approximate surface area is 68.7 Å². The first-order valence-corrected chi connectivity index (χ1v) is 4.29. The van der Waals surface area contributed by atoms with Gasteiger partial charge in [-0.2, -0.15) is 0 Å². The summed E-state index contributed by atoms with van der Waals surface area (Å²) in [6.07, 6.45) is 0.369. The van der Waals surface area contributed by atoms with Crippen LogP contribution in [0, 0.1) is 0 Å². The molecule has 3 nitrogen and oxygen atoms in total. The second-order valence-corrected chi connectivity index (χ2v) is 3.10. The van der Waals surface area contributed by atoms with Gasteiger partial charge in [0, 0.05) is 39.8 Å². The molecule has 0 amide bonds. The van der Waals surface area contributed by atoms with Crippen LogP contribution in [-0.2, 0) is 4.74 Å².